The van der Waals surface area contributed by atoms with Crippen molar-refractivity contribution < 1.29 is 9.53 Å². The average molecular weight is 195 g/mol. The summed E-state index contributed by atoms with van der Waals surface area (Å²) in [5, 5.41) is 0. The zero-order valence-electron chi connectivity index (χ0n) is 8.53. The van der Waals surface area contributed by atoms with Gasteiger partial charge in [0.15, 0.2) is 0 Å². The molecule has 4 nitrogen and oxygen atoms in total. The van der Waals surface area contributed by atoms with Gasteiger partial charge in [0, 0.05) is 18.8 Å². The van der Waals surface area contributed by atoms with Crippen molar-refractivity contribution in [3.63, 3.8) is 0 Å². The predicted molar refractivity (Wildman–Crippen MR) is 52.4 cm³/mol. The minimum atomic E-state index is -0.451. The number of nitrogens with zero attached hydrogens (tertiary/aromatic N) is 1. The van der Waals surface area contributed by atoms with Crippen molar-refractivity contribution in [1.29, 1.82) is 0 Å². The van der Waals surface area contributed by atoms with Crippen LogP contribution in [0.4, 0.5) is 0 Å². The molecule has 0 saturated carbocycles. The van der Waals surface area contributed by atoms with Gasteiger partial charge in [-0.1, -0.05) is 0 Å². The van der Waals surface area contributed by atoms with Crippen molar-refractivity contribution in [2.75, 3.05) is 6.61 Å². The van der Waals surface area contributed by atoms with E-state index in [1.807, 2.05) is 0 Å². The summed E-state index contributed by atoms with van der Waals surface area (Å²) in [6.07, 6.45) is 0. The van der Waals surface area contributed by atoms with E-state index in [2.05, 4.69) is 0 Å². The first-order valence-electron chi connectivity index (χ1n) is 4.41. The Labute approximate surface area is 82.1 Å². The molecule has 4 heteroatoms. The second-order valence-corrected chi connectivity index (χ2v) is 3.00. The van der Waals surface area contributed by atoms with E-state index in [0.717, 1.165) is 5.69 Å². The largest absolute Gasteiger partial charge is 0.462 e. The van der Waals surface area contributed by atoms with Crippen molar-refractivity contribution in [1.82, 2.24) is 4.57 Å². The van der Waals surface area contributed by atoms with Crippen LogP contribution >= 0.6 is 0 Å². The fourth-order valence-electron chi connectivity index (χ4n) is 1.10. The maximum Gasteiger partial charge on any atom is 0.338 e. The van der Waals surface area contributed by atoms with Gasteiger partial charge in [-0.15, -0.1) is 0 Å². The van der Waals surface area contributed by atoms with Gasteiger partial charge in [0.05, 0.1) is 12.2 Å². The van der Waals surface area contributed by atoms with Crippen LogP contribution < -0.4 is 5.56 Å². The van der Waals surface area contributed by atoms with Gasteiger partial charge in [0.25, 0.3) is 5.56 Å². The number of carbonyl (C=O) groups excluding carboxylic acids is 1. The predicted octanol–water partition coefficient (Wildman–Crippen LogP) is 0.870. The summed E-state index contributed by atoms with van der Waals surface area (Å²) in [5.74, 6) is -0.451. The van der Waals surface area contributed by atoms with Crippen LogP contribution in [0.25, 0.3) is 0 Å². The first-order valence-corrected chi connectivity index (χ1v) is 4.41. The number of hydrogen-bond donors (Lipinski definition) is 0. The lowest BCUT2D eigenvalue weighted by molar-refractivity contribution is 0.0526. The molecule has 0 amide bonds. The highest BCUT2D eigenvalue weighted by Gasteiger charge is 2.08. The van der Waals surface area contributed by atoms with E-state index in [1.54, 1.807) is 27.0 Å². The highest BCUT2D eigenvalue weighted by atomic mass is 16.5. The Kier molecular flexibility index (Phi) is 3.06. The van der Waals surface area contributed by atoms with Gasteiger partial charge in [-0.2, -0.15) is 0 Å². The van der Waals surface area contributed by atoms with Gasteiger partial charge in [-0.3, -0.25) is 4.79 Å². The minimum Gasteiger partial charge on any atom is -0.462 e. The molecule has 0 aliphatic carbocycles. The molecule has 0 unspecified atom stereocenters. The Bertz CT molecular complexity index is 406. The molecule has 0 saturated heterocycles. The molecule has 0 radical (unpaired) electrons. The fourth-order valence-corrected chi connectivity index (χ4v) is 1.10. The first-order chi connectivity index (χ1) is 6.56. The monoisotopic (exact) mass is 195 g/mol. The standard InChI is InChI=1S/C10H13NO3/c1-4-14-10(13)8-5-7(2)11(3)9(12)6-8/h5-6H,4H2,1-3H3. The Balaban J connectivity index is 3.13. The number of ether oxygens (including phenoxy) is 1. The van der Waals surface area contributed by atoms with Crippen molar-refractivity contribution in [3.8, 4) is 0 Å². The first kappa shape index (κ1) is 10.5. The van der Waals surface area contributed by atoms with Gasteiger partial charge in [0.2, 0.25) is 0 Å². The van der Waals surface area contributed by atoms with Crippen LogP contribution in [-0.2, 0) is 11.8 Å². The molecule has 0 fully saturated rings. The Morgan fingerprint density at radius 1 is 1.50 bits per heavy atom. The summed E-state index contributed by atoms with van der Waals surface area (Å²) < 4.78 is 6.27. The minimum absolute atomic E-state index is 0.201. The van der Waals surface area contributed by atoms with E-state index in [1.165, 1.54) is 10.6 Å². The summed E-state index contributed by atoms with van der Waals surface area (Å²) in [5.41, 5.74) is 0.848. The van der Waals surface area contributed by atoms with Gasteiger partial charge in [-0.05, 0) is 19.9 Å². The Morgan fingerprint density at radius 2 is 2.14 bits per heavy atom. The fraction of sp³-hybridized carbons (Fsp3) is 0.400. The molecule has 0 bridgehead atoms. The number of aryl methyl sites for hydroxylation is 1. The lowest BCUT2D eigenvalue weighted by Gasteiger charge is -2.05. The van der Waals surface area contributed by atoms with E-state index in [-0.39, 0.29) is 5.56 Å². The van der Waals surface area contributed by atoms with Crippen molar-refractivity contribution >= 4 is 5.97 Å². The highest BCUT2D eigenvalue weighted by Crippen LogP contribution is 2.01. The third kappa shape index (κ3) is 2.02. The lowest BCUT2D eigenvalue weighted by atomic mass is 10.2. The molecule has 14 heavy (non-hydrogen) atoms. The summed E-state index contributed by atoms with van der Waals surface area (Å²) >= 11 is 0. The molecule has 0 aliphatic rings. The molecule has 0 spiro atoms. The van der Waals surface area contributed by atoms with E-state index in [9.17, 15) is 9.59 Å². The lowest BCUT2D eigenvalue weighted by Crippen LogP contribution is -2.20. The number of esters is 1. The van der Waals surface area contributed by atoms with E-state index in [4.69, 9.17) is 4.74 Å². The van der Waals surface area contributed by atoms with Crippen molar-refractivity contribution in [3.05, 3.63) is 33.7 Å². The van der Waals surface area contributed by atoms with Crippen LogP contribution in [0.3, 0.4) is 0 Å². The van der Waals surface area contributed by atoms with Crippen LogP contribution in [0.5, 0.6) is 0 Å². The average Bonchev–Trinajstić information content (AvgIpc) is 2.13. The molecule has 0 atom stereocenters. The SMILES string of the molecule is CCOC(=O)c1cc(C)n(C)c(=O)c1. The third-order valence-electron chi connectivity index (χ3n) is 2.01. The maximum atomic E-state index is 11.3. The van der Waals surface area contributed by atoms with Crippen LogP contribution in [0.15, 0.2) is 16.9 Å². The van der Waals surface area contributed by atoms with Gasteiger partial charge < -0.3 is 9.30 Å². The topological polar surface area (TPSA) is 48.3 Å². The third-order valence-corrected chi connectivity index (χ3v) is 2.01. The summed E-state index contributed by atoms with van der Waals surface area (Å²) in [6.45, 7) is 3.81. The number of aromatic nitrogens is 1. The smallest absolute Gasteiger partial charge is 0.338 e. The van der Waals surface area contributed by atoms with Gasteiger partial charge >= 0.3 is 5.97 Å². The zero-order chi connectivity index (χ0) is 10.7. The number of rotatable bonds is 2. The van der Waals surface area contributed by atoms with Crippen molar-refractivity contribution in [2.24, 2.45) is 7.05 Å². The normalized spacial score (nSPS) is 9.93. The molecule has 0 N–H and O–H groups in total. The molecular formula is C10H13NO3. The summed E-state index contributed by atoms with van der Waals surface area (Å²) in [4.78, 5) is 22.6. The van der Waals surface area contributed by atoms with E-state index in [0.29, 0.717) is 12.2 Å². The van der Waals surface area contributed by atoms with Gasteiger partial charge in [-0.25, -0.2) is 4.79 Å². The van der Waals surface area contributed by atoms with Crippen LogP contribution in [-0.4, -0.2) is 17.1 Å². The molecule has 1 aromatic rings. The second kappa shape index (κ2) is 4.09. The summed E-state index contributed by atoms with van der Waals surface area (Å²) in [6, 6.07) is 2.92. The molecule has 1 aromatic heterocycles. The van der Waals surface area contributed by atoms with Crippen LogP contribution in [0, 0.1) is 6.92 Å². The van der Waals surface area contributed by atoms with Gasteiger partial charge in [0.1, 0.15) is 0 Å². The second-order valence-electron chi connectivity index (χ2n) is 3.00. The van der Waals surface area contributed by atoms with Crippen molar-refractivity contribution in [2.45, 2.75) is 13.8 Å². The number of hydrogen-bond acceptors (Lipinski definition) is 3. The maximum absolute atomic E-state index is 11.3. The molecule has 1 rings (SSSR count). The molecule has 1 heterocycles. The molecular weight excluding hydrogens is 182 g/mol. The zero-order valence-corrected chi connectivity index (χ0v) is 8.53. The highest BCUT2D eigenvalue weighted by molar-refractivity contribution is 5.89. The summed E-state index contributed by atoms with van der Waals surface area (Å²) in [7, 11) is 1.66. The Morgan fingerprint density at radius 3 is 2.64 bits per heavy atom. The molecule has 76 valence electrons. The van der Waals surface area contributed by atoms with E-state index >= 15 is 0 Å². The number of pyridine rings is 1. The Hall–Kier alpha value is -1.58. The molecule has 0 aliphatic heterocycles. The van der Waals surface area contributed by atoms with Crippen LogP contribution in [0.2, 0.25) is 0 Å². The molecule has 0 aromatic carbocycles. The van der Waals surface area contributed by atoms with Crippen LogP contribution in [0.1, 0.15) is 23.0 Å². The number of carbonyl (C=O) groups is 1. The van der Waals surface area contributed by atoms with E-state index < -0.39 is 5.97 Å². The quantitative estimate of drug-likeness (QED) is 0.658.